The maximum atomic E-state index is 14.0. The second kappa shape index (κ2) is 10.1. The van der Waals surface area contributed by atoms with Crippen LogP contribution in [0.5, 0.6) is 5.88 Å². The van der Waals surface area contributed by atoms with Gasteiger partial charge in [-0.3, -0.25) is 9.20 Å². The summed E-state index contributed by atoms with van der Waals surface area (Å²) in [6.07, 6.45) is 5.65. The maximum absolute atomic E-state index is 14.0. The van der Waals surface area contributed by atoms with Crippen molar-refractivity contribution in [1.82, 2.24) is 23.9 Å². The van der Waals surface area contributed by atoms with Crippen molar-refractivity contribution in [2.75, 3.05) is 19.8 Å². The number of aliphatic carboxylic acids is 1. The monoisotopic (exact) mass is 617 g/mol. The molecule has 0 unspecified atom stereocenters. The van der Waals surface area contributed by atoms with Crippen LogP contribution in [-0.4, -0.2) is 68.7 Å². The zero-order valence-corrected chi connectivity index (χ0v) is 26.0. The van der Waals surface area contributed by atoms with Gasteiger partial charge in [-0.25, -0.2) is 13.4 Å². The van der Waals surface area contributed by atoms with Crippen LogP contribution in [0.2, 0.25) is 0 Å². The van der Waals surface area contributed by atoms with Crippen molar-refractivity contribution in [3.63, 3.8) is 0 Å². The molecule has 12 heteroatoms. The number of hydrogen-bond acceptors (Lipinski definition) is 8. The van der Waals surface area contributed by atoms with Gasteiger partial charge in [-0.15, -0.1) is 10.2 Å². The van der Waals surface area contributed by atoms with Gasteiger partial charge < -0.3 is 14.6 Å². The van der Waals surface area contributed by atoms with Crippen LogP contribution < -0.4 is 4.74 Å². The van der Waals surface area contributed by atoms with E-state index in [-0.39, 0.29) is 37.1 Å². The van der Waals surface area contributed by atoms with E-state index in [1.54, 1.807) is 19.9 Å². The van der Waals surface area contributed by atoms with Gasteiger partial charge in [0.1, 0.15) is 10.7 Å². The van der Waals surface area contributed by atoms with Gasteiger partial charge in [-0.05, 0) is 86.6 Å². The number of nitrogens with zero attached hydrogens (tertiary/aromatic N) is 5. The van der Waals surface area contributed by atoms with Gasteiger partial charge >= 0.3 is 5.97 Å². The van der Waals surface area contributed by atoms with E-state index in [1.807, 2.05) is 48.7 Å². The van der Waals surface area contributed by atoms with E-state index in [0.717, 1.165) is 52.1 Å². The van der Waals surface area contributed by atoms with Gasteiger partial charge in [0.15, 0.2) is 11.2 Å². The highest BCUT2D eigenvalue weighted by Gasteiger charge is 2.49. The molecule has 1 saturated heterocycles. The molecule has 230 valence electrons. The molecule has 1 spiro atoms. The van der Waals surface area contributed by atoms with E-state index in [4.69, 9.17) is 9.47 Å². The third kappa shape index (κ3) is 4.58. The van der Waals surface area contributed by atoms with Gasteiger partial charge in [-0.2, -0.15) is 4.31 Å². The fourth-order valence-corrected chi connectivity index (χ4v) is 8.00. The Bertz CT molecular complexity index is 1910. The maximum Gasteiger partial charge on any atom is 0.310 e. The summed E-state index contributed by atoms with van der Waals surface area (Å²) in [7, 11) is -3.96. The van der Waals surface area contributed by atoms with Crippen LogP contribution in [0, 0.1) is 19.3 Å². The first-order valence-electron chi connectivity index (χ1n) is 14.8. The summed E-state index contributed by atoms with van der Waals surface area (Å²) < 4.78 is 42.9. The summed E-state index contributed by atoms with van der Waals surface area (Å²) in [5, 5.41) is 19.4. The quantitative estimate of drug-likeness (QED) is 0.323. The molecule has 1 saturated carbocycles. The highest BCUT2D eigenvalue weighted by atomic mass is 32.2. The van der Waals surface area contributed by atoms with Crippen LogP contribution in [-0.2, 0) is 26.1 Å². The number of carboxylic acids is 1. The number of benzene rings is 1. The average Bonchev–Trinajstić information content (AvgIpc) is 3.73. The minimum absolute atomic E-state index is 0.0188. The molecule has 3 aromatic heterocycles. The van der Waals surface area contributed by atoms with E-state index in [0.29, 0.717) is 5.92 Å². The molecule has 3 aliphatic rings. The van der Waals surface area contributed by atoms with Crippen molar-refractivity contribution in [2.45, 2.75) is 69.4 Å². The predicted molar refractivity (Wildman–Crippen MR) is 160 cm³/mol. The summed E-state index contributed by atoms with van der Waals surface area (Å²) in [5.74, 6) is -0.0556. The van der Waals surface area contributed by atoms with Crippen molar-refractivity contribution >= 4 is 21.6 Å². The highest BCUT2D eigenvalue weighted by Crippen LogP contribution is 2.45. The predicted octanol–water partition coefficient (Wildman–Crippen LogP) is 4.21. The van der Waals surface area contributed by atoms with Gasteiger partial charge in [0.05, 0.1) is 25.2 Å². The number of hydrogen-bond donors (Lipinski definition) is 1. The molecule has 7 rings (SSSR count). The molecule has 0 radical (unpaired) electrons. The molecule has 4 aromatic rings. The lowest BCUT2D eigenvalue weighted by Gasteiger charge is -2.41. The first-order chi connectivity index (χ1) is 20.9. The standard InChI is InChI=1S/C32H35N5O6S/c1-19-7-8-22(14-23(19)15-36-16-32(17-42-18-32)43-29-25(44(36,40)41)6-5-12-33-29)26(31(3,4)30(38)39)24-11-13-37-27(20(24)2)34-35-28(37)21-9-10-21/h5-8,11-14,21,26H,9-10,15-18H2,1-4H3,(H,38,39)/t26-/m1/s1. The van der Waals surface area contributed by atoms with E-state index < -0.39 is 32.9 Å². The Morgan fingerprint density at radius 1 is 1.16 bits per heavy atom. The number of carbonyl (C=O) groups is 1. The SMILES string of the molecule is Cc1ccc([C@H](c2ccn3c(C4CC4)nnc3c2C)C(C)(C)C(=O)O)cc1CN1CC2(COC2)Oc2ncccc2S1(=O)=O. The molecule has 44 heavy (non-hydrogen) atoms. The van der Waals surface area contributed by atoms with Crippen molar-refractivity contribution in [2.24, 2.45) is 5.41 Å². The minimum atomic E-state index is -3.96. The topological polar surface area (TPSA) is 136 Å². The van der Waals surface area contributed by atoms with Crippen molar-refractivity contribution in [3.05, 3.63) is 82.4 Å². The van der Waals surface area contributed by atoms with Crippen molar-refractivity contribution < 1.29 is 27.8 Å². The number of aromatic nitrogens is 4. The molecule has 2 aliphatic heterocycles. The number of aryl methyl sites for hydroxylation is 2. The third-order valence-corrected chi connectivity index (χ3v) is 11.1. The van der Waals surface area contributed by atoms with Gasteiger partial charge in [0, 0.05) is 30.8 Å². The molecular weight excluding hydrogens is 582 g/mol. The lowest BCUT2D eigenvalue weighted by Crippen LogP contribution is -2.60. The van der Waals surface area contributed by atoms with E-state index in [9.17, 15) is 18.3 Å². The number of fused-ring (bicyclic) bond motifs is 2. The molecule has 0 amide bonds. The fraction of sp³-hybridized carbons (Fsp3) is 0.438. The van der Waals surface area contributed by atoms with E-state index in [2.05, 4.69) is 15.2 Å². The summed E-state index contributed by atoms with van der Waals surface area (Å²) in [6.45, 7) is 8.05. The Morgan fingerprint density at radius 3 is 2.61 bits per heavy atom. The average molecular weight is 618 g/mol. The Labute approximate surface area is 255 Å². The van der Waals surface area contributed by atoms with E-state index in [1.165, 1.54) is 16.6 Å². The first-order valence-corrected chi connectivity index (χ1v) is 16.2. The molecule has 1 atom stereocenters. The number of rotatable bonds is 7. The molecule has 2 fully saturated rings. The molecule has 5 heterocycles. The van der Waals surface area contributed by atoms with Gasteiger partial charge in [0.25, 0.3) is 0 Å². The van der Waals surface area contributed by atoms with Crippen LogP contribution in [0.3, 0.4) is 0 Å². The van der Waals surface area contributed by atoms with E-state index >= 15 is 0 Å². The number of ether oxygens (including phenoxy) is 2. The van der Waals surface area contributed by atoms with Crippen LogP contribution >= 0.6 is 0 Å². The molecule has 0 bridgehead atoms. The second-order valence-electron chi connectivity index (χ2n) is 12.9. The minimum Gasteiger partial charge on any atom is -0.481 e. The van der Waals surface area contributed by atoms with Gasteiger partial charge in [-0.1, -0.05) is 18.2 Å². The number of pyridine rings is 2. The molecule has 1 N–H and O–H groups in total. The Kier molecular flexibility index (Phi) is 6.61. The van der Waals surface area contributed by atoms with Crippen LogP contribution in [0.4, 0.5) is 0 Å². The van der Waals surface area contributed by atoms with Crippen LogP contribution in [0.1, 0.15) is 72.2 Å². The Hall–Kier alpha value is -3.87. The fourth-order valence-electron chi connectivity index (χ4n) is 6.44. The summed E-state index contributed by atoms with van der Waals surface area (Å²) in [4.78, 5) is 17.0. The molecule has 1 aliphatic carbocycles. The number of carboxylic acid groups (broad SMARTS) is 1. The summed E-state index contributed by atoms with van der Waals surface area (Å²) >= 11 is 0. The molecule has 11 nitrogen and oxygen atoms in total. The lowest BCUT2D eigenvalue weighted by atomic mass is 9.70. The largest absolute Gasteiger partial charge is 0.481 e. The summed E-state index contributed by atoms with van der Waals surface area (Å²) in [5.41, 5.74) is 2.86. The Morgan fingerprint density at radius 2 is 1.93 bits per heavy atom. The third-order valence-electron chi connectivity index (χ3n) is 9.34. The van der Waals surface area contributed by atoms with Crippen LogP contribution in [0.15, 0.2) is 53.7 Å². The smallest absolute Gasteiger partial charge is 0.310 e. The van der Waals surface area contributed by atoms with Crippen molar-refractivity contribution in [3.8, 4) is 5.88 Å². The number of sulfonamides is 1. The zero-order chi connectivity index (χ0) is 31.0. The first kappa shape index (κ1) is 28.9. The highest BCUT2D eigenvalue weighted by molar-refractivity contribution is 7.89. The van der Waals surface area contributed by atoms with Crippen molar-refractivity contribution in [1.29, 1.82) is 0 Å². The lowest BCUT2D eigenvalue weighted by molar-refractivity contribution is -0.166. The van der Waals surface area contributed by atoms with Gasteiger partial charge in [0.2, 0.25) is 15.9 Å². The van der Waals surface area contributed by atoms with Crippen LogP contribution in [0.25, 0.3) is 5.65 Å². The summed E-state index contributed by atoms with van der Waals surface area (Å²) in [6, 6.07) is 10.9. The molecular formula is C32H35N5O6S. The Balaban J connectivity index is 1.32. The molecule has 1 aromatic carbocycles. The second-order valence-corrected chi connectivity index (χ2v) is 14.8. The zero-order valence-electron chi connectivity index (χ0n) is 25.1. The normalized spacial score (nSPS) is 20.0.